The molecule has 0 aliphatic carbocycles. The number of pyridine rings is 1. The molecular formula is C16H21N3OS. The number of fused-ring (bicyclic) bond motifs is 1. The number of ether oxygens (including phenoxy) is 1. The monoisotopic (exact) mass is 303 g/mol. The number of methoxy groups -OCH3 is 1. The van der Waals surface area contributed by atoms with Crippen molar-refractivity contribution >= 4 is 33.9 Å². The normalized spacial score (nSPS) is 10.4. The molecule has 1 aromatic heterocycles. The molecule has 0 amide bonds. The summed E-state index contributed by atoms with van der Waals surface area (Å²) >= 11 is 5.34. The van der Waals surface area contributed by atoms with E-state index in [0.29, 0.717) is 5.11 Å². The molecule has 0 radical (unpaired) electrons. The van der Waals surface area contributed by atoms with Gasteiger partial charge in [0.25, 0.3) is 0 Å². The van der Waals surface area contributed by atoms with E-state index >= 15 is 0 Å². The quantitative estimate of drug-likeness (QED) is 0.629. The fraction of sp³-hybridized carbons (Fsp3) is 0.375. The lowest BCUT2D eigenvalue weighted by molar-refractivity contribution is 0.419. The maximum Gasteiger partial charge on any atom is 0.170 e. The molecule has 1 aromatic carbocycles. The van der Waals surface area contributed by atoms with Crippen molar-refractivity contribution in [2.45, 2.75) is 26.2 Å². The number of nitrogens with one attached hydrogen (secondary N) is 2. The Morgan fingerprint density at radius 1 is 1.29 bits per heavy atom. The standard InChI is InChI=1S/C16H21N3OS/c1-3-4-5-10-18-16(21)19-13-8-9-14(20-2)15-12(13)7-6-11-17-15/h6-9,11H,3-5,10H2,1-2H3,(H2,18,19,21). The van der Waals surface area contributed by atoms with Crippen molar-refractivity contribution in [1.82, 2.24) is 10.3 Å². The van der Waals surface area contributed by atoms with Crippen molar-refractivity contribution < 1.29 is 4.74 Å². The van der Waals surface area contributed by atoms with Gasteiger partial charge in [0.05, 0.1) is 7.11 Å². The highest BCUT2D eigenvalue weighted by molar-refractivity contribution is 7.80. The molecule has 0 unspecified atom stereocenters. The van der Waals surface area contributed by atoms with Crippen LogP contribution in [0.25, 0.3) is 10.9 Å². The number of thiocarbonyl (C=S) groups is 1. The summed E-state index contributed by atoms with van der Waals surface area (Å²) in [6.45, 7) is 3.08. The van der Waals surface area contributed by atoms with E-state index in [4.69, 9.17) is 17.0 Å². The third kappa shape index (κ3) is 4.04. The van der Waals surface area contributed by atoms with E-state index in [2.05, 4.69) is 22.5 Å². The Morgan fingerprint density at radius 2 is 2.14 bits per heavy atom. The highest BCUT2D eigenvalue weighted by atomic mass is 32.1. The summed E-state index contributed by atoms with van der Waals surface area (Å²) < 4.78 is 5.34. The molecule has 21 heavy (non-hydrogen) atoms. The maximum atomic E-state index is 5.34. The molecule has 0 aliphatic heterocycles. The van der Waals surface area contributed by atoms with Gasteiger partial charge in [0.15, 0.2) is 5.11 Å². The minimum absolute atomic E-state index is 0.640. The predicted octanol–water partition coefficient (Wildman–Crippen LogP) is 3.72. The van der Waals surface area contributed by atoms with Crippen LogP contribution in [0.4, 0.5) is 5.69 Å². The first-order valence-corrected chi connectivity index (χ1v) is 7.63. The van der Waals surface area contributed by atoms with Gasteiger partial charge in [-0.05, 0) is 42.9 Å². The summed E-state index contributed by atoms with van der Waals surface area (Å²) in [5.41, 5.74) is 1.77. The topological polar surface area (TPSA) is 46.2 Å². The number of rotatable bonds is 6. The van der Waals surface area contributed by atoms with Gasteiger partial charge in [-0.1, -0.05) is 19.8 Å². The summed E-state index contributed by atoms with van der Waals surface area (Å²) in [6.07, 6.45) is 5.31. The smallest absolute Gasteiger partial charge is 0.170 e. The molecular weight excluding hydrogens is 282 g/mol. The molecule has 0 spiro atoms. The summed E-state index contributed by atoms with van der Waals surface area (Å²) in [5.74, 6) is 0.762. The predicted molar refractivity (Wildman–Crippen MR) is 92.0 cm³/mol. The summed E-state index contributed by atoms with van der Waals surface area (Å²) in [6, 6.07) is 7.78. The first kappa shape index (κ1) is 15.5. The molecule has 0 saturated heterocycles. The molecule has 2 aromatic rings. The second-order valence-corrected chi connectivity index (χ2v) is 5.21. The van der Waals surface area contributed by atoms with Crippen LogP contribution in [0.15, 0.2) is 30.5 Å². The Kier molecular flexibility index (Phi) is 5.75. The Bertz CT molecular complexity index is 615. The number of unbranched alkanes of at least 4 members (excludes halogenated alkanes) is 2. The number of aromatic nitrogens is 1. The molecule has 1 heterocycles. The van der Waals surface area contributed by atoms with Gasteiger partial charge in [-0.15, -0.1) is 0 Å². The fourth-order valence-corrected chi connectivity index (χ4v) is 2.38. The van der Waals surface area contributed by atoms with Crippen LogP contribution in [-0.2, 0) is 0 Å². The number of hydrogen-bond acceptors (Lipinski definition) is 3. The molecule has 0 bridgehead atoms. The van der Waals surface area contributed by atoms with Crippen LogP contribution in [0.2, 0.25) is 0 Å². The SMILES string of the molecule is CCCCCNC(=S)Nc1ccc(OC)c2ncccc12. The zero-order chi connectivity index (χ0) is 15.1. The Hall–Kier alpha value is -1.88. The van der Waals surface area contributed by atoms with Gasteiger partial charge in [-0.25, -0.2) is 0 Å². The van der Waals surface area contributed by atoms with Gasteiger partial charge in [-0.3, -0.25) is 4.98 Å². The van der Waals surface area contributed by atoms with Crippen molar-refractivity contribution in [3.05, 3.63) is 30.5 Å². The van der Waals surface area contributed by atoms with Crippen LogP contribution in [0, 0.1) is 0 Å². The van der Waals surface area contributed by atoms with Crippen LogP contribution >= 0.6 is 12.2 Å². The zero-order valence-corrected chi connectivity index (χ0v) is 13.3. The third-order valence-electron chi connectivity index (χ3n) is 3.27. The molecule has 4 nitrogen and oxygen atoms in total. The van der Waals surface area contributed by atoms with Crippen molar-refractivity contribution in [1.29, 1.82) is 0 Å². The molecule has 2 N–H and O–H groups in total. The summed E-state index contributed by atoms with van der Waals surface area (Å²) in [7, 11) is 1.65. The number of anilines is 1. The molecule has 5 heteroatoms. The van der Waals surface area contributed by atoms with Gasteiger partial charge in [0.1, 0.15) is 11.3 Å². The molecule has 0 fully saturated rings. The largest absolute Gasteiger partial charge is 0.494 e. The highest BCUT2D eigenvalue weighted by Gasteiger charge is 2.08. The average Bonchev–Trinajstić information content (AvgIpc) is 2.52. The van der Waals surface area contributed by atoms with Crippen molar-refractivity contribution in [2.24, 2.45) is 0 Å². The van der Waals surface area contributed by atoms with Crippen molar-refractivity contribution in [3.63, 3.8) is 0 Å². The van der Waals surface area contributed by atoms with E-state index < -0.39 is 0 Å². The highest BCUT2D eigenvalue weighted by Crippen LogP contribution is 2.29. The minimum atomic E-state index is 0.640. The average molecular weight is 303 g/mol. The van der Waals surface area contributed by atoms with Crippen LogP contribution in [0.3, 0.4) is 0 Å². The van der Waals surface area contributed by atoms with E-state index in [-0.39, 0.29) is 0 Å². The van der Waals surface area contributed by atoms with Crippen LogP contribution in [0.1, 0.15) is 26.2 Å². The van der Waals surface area contributed by atoms with Gasteiger partial charge in [0.2, 0.25) is 0 Å². The minimum Gasteiger partial charge on any atom is -0.494 e. The number of benzene rings is 1. The summed E-state index contributed by atoms with van der Waals surface area (Å²) in [5, 5.41) is 8.10. The van der Waals surface area contributed by atoms with E-state index in [1.165, 1.54) is 12.8 Å². The van der Waals surface area contributed by atoms with Gasteiger partial charge in [-0.2, -0.15) is 0 Å². The van der Waals surface area contributed by atoms with Crippen molar-refractivity contribution in [3.8, 4) is 5.75 Å². The van der Waals surface area contributed by atoms with Gasteiger partial charge < -0.3 is 15.4 Å². The molecule has 0 atom stereocenters. The molecule has 0 aliphatic rings. The number of hydrogen-bond donors (Lipinski definition) is 2. The van der Waals surface area contributed by atoms with E-state index in [1.54, 1.807) is 13.3 Å². The van der Waals surface area contributed by atoms with Gasteiger partial charge >= 0.3 is 0 Å². The van der Waals surface area contributed by atoms with E-state index in [1.807, 2.05) is 24.3 Å². The fourth-order valence-electron chi connectivity index (χ4n) is 2.16. The van der Waals surface area contributed by atoms with Crippen LogP contribution in [0.5, 0.6) is 5.75 Å². The third-order valence-corrected chi connectivity index (χ3v) is 3.51. The van der Waals surface area contributed by atoms with E-state index in [0.717, 1.165) is 35.3 Å². The second-order valence-electron chi connectivity index (χ2n) is 4.80. The lowest BCUT2D eigenvalue weighted by Gasteiger charge is -2.13. The zero-order valence-electron chi connectivity index (χ0n) is 12.5. The lowest BCUT2D eigenvalue weighted by Crippen LogP contribution is -2.29. The first-order valence-electron chi connectivity index (χ1n) is 7.22. The van der Waals surface area contributed by atoms with Crippen LogP contribution < -0.4 is 15.4 Å². The van der Waals surface area contributed by atoms with Crippen molar-refractivity contribution in [2.75, 3.05) is 19.0 Å². The Morgan fingerprint density at radius 3 is 2.90 bits per heavy atom. The molecule has 0 saturated carbocycles. The lowest BCUT2D eigenvalue weighted by atomic mass is 10.1. The first-order chi connectivity index (χ1) is 10.3. The Balaban J connectivity index is 2.10. The summed E-state index contributed by atoms with van der Waals surface area (Å²) in [4.78, 5) is 4.38. The van der Waals surface area contributed by atoms with E-state index in [9.17, 15) is 0 Å². The molecule has 112 valence electrons. The maximum absolute atomic E-state index is 5.34. The molecule has 2 rings (SSSR count). The number of nitrogens with zero attached hydrogens (tertiary/aromatic N) is 1. The Labute approximate surface area is 130 Å². The van der Waals surface area contributed by atoms with Crippen LogP contribution in [-0.4, -0.2) is 23.8 Å². The second kappa shape index (κ2) is 7.78. The van der Waals surface area contributed by atoms with Gasteiger partial charge in [0, 0.05) is 23.8 Å².